The Morgan fingerprint density at radius 1 is 1.44 bits per heavy atom. The quantitative estimate of drug-likeness (QED) is 0.505. The molecule has 0 aliphatic carbocycles. The Balaban J connectivity index is 2.35. The molecule has 1 rings (SSSR count). The molecule has 1 nitrogen and oxygen atoms in total. The summed E-state index contributed by atoms with van der Waals surface area (Å²) >= 11 is 11.6. The SMILES string of the molecule is CC1COC(Cl)CC1Cl. The van der Waals surface area contributed by atoms with E-state index in [-0.39, 0.29) is 10.9 Å². The molecule has 0 radical (unpaired) electrons. The lowest BCUT2D eigenvalue weighted by molar-refractivity contribution is 0.0382. The van der Waals surface area contributed by atoms with Gasteiger partial charge in [-0.15, -0.1) is 11.6 Å². The Labute approximate surface area is 65.3 Å². The van der Waals surface area contributed by atoms with Gasteiger partial charge in [0, 0.05) is 11.8 Å². The van der Waals surface area contributed by atoms with Crippen molar-refractivity contribution in [2.45, 2.75) is 24.3 Å². The van der Waals surface area contributed by atoms with Crippen LogP contribution in [0.1, 0.15) is 13.3 Å². The molecule has 3 unspecified atom stereocenters. The lowest BCUT2D eigenvalue weighted by Crippen LogP contribution is -2.29. The lowest BCUT2D eigenvalue weighted by Gasteiger charge is -2.27. The summed E-state index contributed by atoms with van der Waals surface area (Å²) in [5.41, 5.74) is -0.163. The fraction of sp³-hybridized carbons (Fsp3) is 1.00. The fourth-order valence-electron chi connectivity index (χ4n) is 0.838. The number of rotatable bonds is 0. The third-order valence-corrected chi connectivity index (χ3v) is 2.48. The molecule has 9 heavy (non-hydrogen) atoms. The van der Waals surface area contributed by atoms with Gasteiger partial charge >= 0.3 is 0 Å². The van der Waals surface area contributed by atoms with E-state index in [1.54, 1.807) is 0 Å². The topological polar surface area (TPSA) is 9.23 Å². The highest BCUT2D eigenvalue weighted by atomic mass is 35.5. The largest absolute Gasteiger partial charge is 0.362 e. The normalized spacial score (nSPS) is 45.0. The molecule has 0 amide bonds. The second-order valence-corrected chi connectivity index (χ2v) is 3.52. The van der Waals surface area contributed by atoms with Crippen molar-refractivity contribution in [1.29, 1.82) is 0 Å². The molecule has 0 N–H and O–H groups in total. The minimum absolute atomic E-state index is 0.163. The predicted molar refractivity (Wildman–Crippen MR) is 39.0 cm³/mol. The number of hydrogen-bond donors (Lipinski definition) is 0. The first kappa shape index (κ1) is 7.64. The van der Waals surface area contributed by atoms with Crippen LogP contribution in [0.4, 0.5) is 0 Å². The molecule has 1 aliphatic rings. The van der Waals surface area contributed by atoms with E-state index in [4.69, 9.17) is 27.9 Å². The van der Waals surface area contributed by atoms with E-state index < -0.39 is 0 Å². The van der Waals surface area contributed by atoms with Crippen LogP contribution < -0.4 is 0 Å². The van der Waals surface area contributed by atoms with Gasteiger partial charge in [-0.3, -0.25) is 0 Å². The lowest BCUT2D eigenvalue weighted by atomic mass is 10.0. The van der Waals surface area contributed by atoms with Crippen LogP contribution in [0.25, 0.3) is 0 Å². The van der Waals surface area contributed by atoms with E-state index in [9.17, 15) is 0 Å². The molecule has 1 saturated heterocycles. The third-order valence-electron chi connectivity index (χ3n) is 1.57. The first-order valence-electron chi connectivity index (χ1n) is 3.10. The van der Waals surface area contributed by atoms with Gasteiger partial charge in [0.2, 0.25) is 0 Å². The van der Waals surface area contributed by atoms with Crippen LogP contribution in [0.3, 0.4) is 0 Å². The molecule has 0 saturated carbocycles. The molecule has 3 atom stereocenters. The van der Waals surface area contributed by atoms with Gasteiger partial charge in [-0.2, -0.15) is 0 Å². The molecular weight excluding hydrogens is 159 g/mol. The van der Waals surface area contributed by atoms with Crippen LogP contribution in [0, 0.1) is 5.92 Å². The monoisotopic (exact) mass is 168 g/mol. The summed E-state index contributed by atoms with van der Waals surface area (Å²) in [6.45, 7) is 2.77. The zero-order valence-electron chi connectivity index (χ0n) is 5.31. The van der Waals surface area contributed by atoms with Gasteiger partial charge in [0.15, 0.2) is 0 Å². The number of alkyl halides is 2. The summed E-state index contributed by atoms with van der Waals surface area (Å²) in [4.78, 5) is 0. The summed E-state index contributed by atoms with van der Waals surface area (Å²) in [5, 5.41) is 0.196. The summed E-state index contributed by atoms with van der Waals surface area (Å²) in [6.07, 6.45) is 0.768. The van der Waals surface area contributed by atoms with Gasteiger partial charge in [-0.1, -0.05) is 18.5 Å². The molecule has 0 aromatic rings. The molecule has 0 bridgehead atoms. The summed E-state index contributed by atoms with van der Waals surface area (Å²) in [5.74, 6) is 0.446. The highest BCUT2D eigenvalue weighted by Crippen LogP contribution is 2.25. The molecule has 0 spiro atoms. The van der Waals surface area contributed by atoms with Gasteiger partial charge in [0.05, 0.1) is 6.61 Å². The van der Waals surface area contributed by atoms with Crippen molar-refractivity contribution in [3.8, 4) is 0 Å². The summed E-state index contributed by atoms with van der Waals surface area (Å²) in [6, 6.07) is 0. The maximum Gasteiger partial charge on any atom is 0.132 e. The van der Waals surface area contributed by atoms with Crippen molar-refractivity contribution in [2.75, 3.05) is 6.61 Å². The fourth-order valence-corrected chi connectivity index (χ4v) is 1.43. The van der Waals surface area contributed by atoms with Crippen LogP contribution in [0.15, 0.2) is 0 Å². The smallest absolute Gasteiger partial charge is 0.132 e. The highest BCUT2D eigenvalue weighted by molar-refractivity contribution is 6.23. The van der Waals surface area contributed by atoms with Gasteiger partial charge in [-0.25, -0.2) is 0 Å². The summed E-state index contributed by atoms with van der Waals surface area (Å²) < 4.78 is 5.14. The minimum atomic E-state index is -0.163. The molecule has 0 aromatic carbocycles. The van der Waals surface area contributed by atoms with E-state index in [2.05, 4.69) is 6.92 Å². The van der Waals surface area contributed by atoms with Gasteiger partial charge < -0.3 is 4.74 Å². The van der Waals surface area contributed by atoms with Crippen LogP contribution in [-0.2, 0) is 4.74 Å². The Hall–Kier alpha value is 0.540. The Morgan fingerprint density at radius 3 is 2.56 bits per heavy atom. The van der Waals surface area contributed by atoms with E-state index in [0.717, 1.165) is 6.42 Å². The first-order valence-corrected chi connectivity index (χ1v) is 3.97. The third kappa shape index (κ3) is 1.99. The van der Waals surface area contributed by atoms with Crippen molar-refractivity contribution >= 4 is 23.2 Å². The second kappa shape index (κ2) is 3.09. The van der Waals surface area contributed by atoms with Crippen LogP contribution in [0.5, 0.6) is 0 Å². The zero-order chi connectivity index (χ0) is 6.85. The number of ether oxygens (including phenoxy) is 1. The predicted octanol–water partition coefficient (Wildman–Crippen LogP) is 2.22. The average Bonchev–Trinajstić information content (AvgIpc) is 1.80. The van der Waals surface area contributed by atoms with Crippen molar-refractivity contribution in [3.05, 3.63) is 0 Å². The van der Waals surface area contributed by atoms with Crippen molar-refractivity contribution in [2.24, 2.45) is 5.92 Å². The second-order valence-electron chi connectivity index (χ2n) is 2.47. The molecule has 1 aliphatic heterocycles. The number of halogens is 2. The van der Waals surface area contributed by atoms with Gasteiger partial charge in [-0.05, 0) is 5.92 Å². The molecule has 1 heterocycles. The average molecular weight is 169 g/mol. The molecular formula is C6H10Cl2O. The van der Waals surface area contributed by atoms with E-state index in [1.165, 1.54) is 0 Å². The summed E-state index contributed by atoms with van der Waals surface area (Å²) in [7, 11) is 0. The Bertz CT molecular complexity index is 97.1. The van der Waals surface area contributed by atoms with E-state index >= 15 is 0 Å². The minimum Gasteiger partial charge on any atom is -0.362 e. The molecule has 1 fully saturated rings. The van der Waals surface area contributed by atoms with Crippen molar-refractivity contribution in [1.82, 2.24) is 0 Å². The Morgan fingerprint density at radius 2 is 2.11 bits per heavy atom. The van der Waals surface area contributed by atoms with Crippen LogP contribution >= 0.6 is 23.2 Å². The van der Waals surface area contributed by atoms with Crippen molar-refractivity contribution in [3.63, 3.8) is 0 Å². The molecule has 54 valence electrons. The van der Waals surface area contributed by atoms with Crippen LogP contribution in [0.2, 0.25) is 0 Å². The van der Waals surface area contributed by atoms with Crippen LogP contribution in [-0.4, -0.2) is 17.5 Å². The maximum atomic E-state index is 5.90. The van der Waals surface area contributed by atoms with Gasteiger partial charge in [0.25, 0.3) is 0 Å². The molecule has 0 aromatic heterocycles. The van der Waals surface area contributed by atoms with E-state index in [0.29, 0.717) is 12.5 Å². The maximum absolute atomic E-state index is 5.90. The standard InChI is InChI=1S/C6H10Cl2O/c1-4-3-9-6(8)2-5(4)7/h4-6H,2-3H2,1H3. The number of hydrogen-bond acceptors (Lipinski definition) is 1. The molecule has 3 heteroatoms. The first-order chi connectivity index (χ1) is 4.20. The van der Waals surface area contributed by atoms with Gasteiger partial charge in [0.1, 0.15) is 5.56 Å². The zero-order valence-corrected chi connectivity index (χ0v) is 6.82. The highest BCUT2D eigenvalue weighted by Gasteiger charge is 2.24. The van der Waals surface area contributed by atoms with E-state index in [1.807, 2.05) is 0 Å². The Kier molecular flexibility index (Phi) is 2.62. The van der Waals surface area contributed by atoms with Crippen molar-refractivity contribution < 1.29 is 4.74 Å².